The molecule has 0 fully saturated rings. The number of aryl methyl sites for hydroxylation is 1. The Hall–Kier alpha value is -1.29. The summed E-state index contributed by atoms with van der Waals surface area (Å²) in [6.45, 7) is 1.94. The standard InChI is InChI=1S/C10H11NO2S/c1-8-3-4-10-9(7-8)5-6-11(2)14(10,12)13/h3-7H,1-2H3. The molecule has 4 heteroatoms. The van der Waals surface area contributed by atoms with Crippen LogP contribution in [0.5, 0.6) is 0 Å². The molecule has 0 amide bonds. The van der Waals surface area contributed by atoms with Crippen molar-refractivity contribution < 1.29 is 8.42 Å². The molecule has 2 rings (SSSR count). The van der Waals surface area contributed by atoms with E-state index in [1.807, 2.05) is 25.1 Å². The van der Waals surface area contributed by atoms with Gasteiger partial charge in [-0.3, -0.25) is 4.31 Å². The minimum atomic E-state index is -3.29. The lowest BCUT2D eigenvalue weighted by Crippen LogP contribution is -2.24. The third-order valence-electron chi connectivity index (χ3n) is 2.29. The van der Waals surface area contributed by atoms with Gasteiger partial charge in [0.2, 0.25) is 0 Å². The number of hydrogen-bond donors (Lipinski definition) is 0. The molecule has 1 heterocycles. The van der Waals surface area contributed by atoms with Crippen molar-refractivity contribution in [2.45, 2.75) is 11.8 Å². The maximum atomic E-state index is 11.8. The first kappa shape index (κ1) is 9.27. The van der Waals surface area contributed by atoms with E-state index in [0.717, 1.165) is 11.1 Å². The Morgan fingerprint density at radius 3 is 2.71 bits per heavy atom. The van der Waals surface area contributed by atoms with E-state index in [1.165, 1.54) is 11.4 Å². The lowest BCUT2D eigenvalue weighted by molar-refractivity contribution is 0.537. The van der Waals surface area contributed by atoms with Crippen LogP contribution in [-0.4, -0.2) is 19.8 Å². The highest BCUT2D eigenvalue weighted by atomic mass is 32.2. The summed E-state index contributed by atoms with van der Waals surface area (Å²) >= 11 is 0. The summed E-state index contributed by atoms with van der Waals surface area (Å²) < 4.78 is 24.8. The molecule has 14 heavy (non-hydrogen) atoms. The fraction of sp³-hybridized carbons (Fsp3) is 0.200. The first-order chi connectivity index (χ1) is 6.51. The van der Waals surface area contributed by atoms with Crippen molar-refractivity contribution in [3.8, 4) is 0 Å². The normalized spacial score (nSPS) is 18.0. The fourth-order valence-electron chi connectivity index (χ4n) is 1.45. The second-order valence-electron chi connectivity index (χ2n) is 3.38. The van der Waals surface area contributed by atoms with Crippen LogP contribution in [0.2, 0.25) is 0 Å². The molecule has 1 aliphatic heterocycles. The summed E-state index contributed by atoms with van der Waals surface area (Å²) in [5, 5.41) is 0. The molecular formula is C10H11NO2S. The molecule has 74 valence electrons. The summed E-state index contributed by atoms with van der Waals surface area (Å²) in [5.41, 5.74) is 1.83. The van der Waals surface area contributed by atoms with Gasteiger partial charge in [0.15, 0.2) is 0 Å². The van der Waals surface area contributed by atoms with E-state index >= 15 is 0 Å². The lowest BCUT2D eigenvalue weighted by atomic mass is 10.1. The summed E-state index contributed by atoms with van der Waals surface area (Å²) in [7, 11) is -1.75. The highest BCUT2D eigenvalue weighted by Crippen LogP contribution is 2.26. The Labute approximate surface area is 83.7 Å². The molecule has 1 aromatic rings. The van der Waals surface area contributed by atoms with E-state index in [0.29, 0.717) is 4.90 Å². The predicted molar refractivity (Wildman–Crippen MR) is 55.2 cm³/mol. The van der Waals surface area contributed by atoms with Crippen molar-refractivity contribution in [1.82, 2.24) is 4.31 Å². The van der Waals surface area contributed by atoms with Crippen LogP contribution in [0.15, 0.2) is 29.3 Å². The number of benzene rings is 1. The molecule has 3 nitrogen and oxygen atoms in total. The largest absolute Gasteiger partial charge is 0.276 e. The first-order valence-corrected chi connectivity index (χ1v) is 5.73. The van der Waals surface area contributed by atoms with Crippen LogP contribution >= 0.6 is 0 Å². The maximum Gasteiger partial charge on any atom is 0.264 e. The van der Waals surface area contributed by atoms with Gasteiger partial charge < -0.3 is 0 Å². The van der Waals surface area contributed by atoms with E-state index in [4.69, 9.17) is 0 Å². The Kier molecular flexibility index (Phi) is 1.89. The second-order valence-corrected chi connectivity index (χ2v) is 5.34. The summed E-state index contributed by atoms with van der Waals surface area (Å²) in [6.07, 6.45) is 3.38. The van der Waals surface area contributed by atoms with E-state index in [-0.39, 0.29) is 0 Å². The van der Waals surface area contributed by atoms with Gasteiger partial charge in [0, 0.05) is 13.2 Å². The molecule has 0 spiro atoms. The van der Waals surface area contributed by atoms with Gasteiger partial charge in [-0.25, -0.2) is 8.42 Å². The molecule has 0 bridgehead atoms. The van der Waals surface area contributed by atoms with Gasteiger partial charge in [0.05, 0.1) is 4.90 Å². The number of fused-ring (bicyclic) bond motifs is 1. The summed E-state index contributed by atoms with van der Waals surface area (Å²) in [4.78, 5) is 0.383. The van der Waals surface area contributed by atoms with Crippen molar-refractivity contribution in [2.75, 3.05) is 7.05 Å². The van der Waals surface area contributed by atoms with Crippen LogP contribution in [0.4, 0.5) is 0 Å². The molecule has 0 saturated heterocycles. The number of nitrogens with zero attached hydrogens (tertiary/aromatic N) is 1. The minimum Gasteiger partial charge on any atom is -0.276 e. The average Bonchev–Trinajstić information content (AvgIpc) is 2.12. The van der Waals surface area contributed by atoms with Crippen molar-refractivity contribution in [3.05, 3.63) is 35.5 Å². The monoisotopic (exact) mass is 209 g/mol. The van der Waals surface area contributed by atoms with Crippen molar-refractivity contribution in [3.63, 3.8) is 0 Å². The van der Waals surface area contributed by atoms with Gasteiger partial charge in [-0.15, -0.1) is 0 Å². The molecule has 0 N–H and O–H groups in total. The van der Waals surface area contributed by atoms with E-state index in [2.05, 4.69) is 0 Å². The number of rotatable bonds is 0. The molecule has 0 radical (unpaired) electrons. The third-order valence-corrected chi connectivity index (χ3v) is 4.09. The maximum absolute atomic E-state index is 11.8. The van der Waals surface area contributed by atoms with Gasteiger partial charge in [-0.2, -0.15) is 0 Å². The average molecular weight is 209 g/mol. The molecule has 0 saturated carbocycles. The fourth-order valence-corrected chi connectivity index (χ4v) is 2.65. The zero-order chi connectivity index (χ0) is 10.3. The molecule has 0 aliphatic carbocycles. The SMILES string of the molecule is Cc1ccc2c(c1)C=CN(C)S2(=O)=O. The van der Waals surface area contributed by atoms with Crippen LogP contribution in [0, 0.1) is 6.92 Å². The topological polar surface area (TPSA) is 37.4 Å². The second kappa shape index (κ2) is 2.85. The van der Waals surface area contributed by atoms with Gasteiger partial charge in [0.25, 0.3) is 10.0 Å². The Balaban J connectivity index is 2.74. The van der Waals surface area contributed by atoms with Crippen molar-refractivity contribution in [1.29, 1.82) is 0 Å². The summed E-state index contributed by atoms with van der Waals surface area (Å²) in [5.74, 6) is 0. The number of hydrogen-bond acceptors (Lipinski definition) is 2. The lowest BCUT2D eigenvalue weighted by Gasteiger charge is -2.20. The Morgan fingerprint density at radius 1 is 1.29 bits per heavy atom. The Bertz CT molecular complexity index is 503. The highest BCUT2D eigenvalue weighted by molar-refractivity contribution is 7.89. The van der Waals surface area contributed by atoms with Crippen LogP contribution in [-0.2, 0) is 10.0 Å². The third kappa shape index (κ3) is 1.23. The van der Waals surface area contributed by atoms with E-state index < -0.39 is 10.0 Å². The van der Waals surface area contributed by atoms with Crippen molar-refractivity contribution in [2.24, 2.45) is 0 Å². The zero-order valence-electron chi connectivity index (χ0n) is 8.06. The van der Waals surface area contributed by atoms with E-state index in [1.54, 1.807) is 12.3 Å². The van der Waals surface area contributed by atoms with E-state index in [9.17, 15) is 8.42 Å². The van der Waals surface area contributed by atoms with Crippen molar-refractivity contribution >= 4 is 16.1 Å². The van der Waals surface area contributed by atoms with Crippen LogP contribution in [0.3, 0.4) is 0 Å². The number of sulfonamides is 1. The highest BCUT2D eigenvalue weighted by Gasteiger charge is 2.23. The molecule has 1 aromatic carbocycles. The smallest absolute Gasteiger partial charge is 0.264 e. The van der Waals surface area contributed by atoms with Crippen LogP contribution in [0.25, 0.3) is 6.08 Å². The Morgan fingerprint density at radius 2 is 2.00 bits per heavy atom. The molecule has 0 unspecified atom stereocenters. The minimum absolute atomic E-state index is 0.383. The van der Waals surface area contributed by atoms with Crippen LogP contribution in [0.1, 0.15) is 11.1 Å². The molecule has 0 atom stereocenters. The summed E-state index contributed by atoms with van der Waals surface area (Å²) in [6, 6.07) is 5.33. The molecule has 1 aliphatic rings. The quantitative estimate of drug-likeness (QED) is 0.651. The predicted octanol–water partition coefficient (Wildman–Crippen LogP) is 1.60. The van der Waals surface area contributed by atoms with Crippen LogP contribution < -0.4 is 0 Å². The van der Waals surface area contributed by atoms with Gasteiger partial charge in [-0.1, -0.05) is 17.7 Å². The zero-order valence-corrected chi connectivity index (χ0v) is 8.88. The molecule has 0 aromatic heterocycles. The molecular weight excluding hydrogens is 198 g/mol. The van der Waals surface area contributed by atoms with Gasteiger partial charge >= 0.3 is 0 Å². The van der Waals surface area contributed by atoms with Gasteiger partial charge in [0.1, 0.15) is 0 Å². The van der Waals surface area contributed by atoms with Gasteiger partial charge in [-0.05, 0) is 24.6 Å². The first-order valence-electron chi connectivity index (χ1n) is 4.29.